The molecule has 1 aliphatic heterocycles. The van der Waals surface area contributed by atoms with Gasteiger partial charge in [-0.3, -0.25) is 4.79 Å². The Labute approximate surface area is 136 Å². The molecule has 1 saturated heterocycles. The summed E-state index contributed by atoms with van der Waals surface area (Å²) in [6, 6.07) is 8.38. The second-order valence-electron chi connectivity index (χ2n) is 5.22. The Morgan fingerprint density at radius 3 is 2.45 bits per heavy atom. The number of nitrogens with one attached hydrogen (secondary N) is 4. The summed E-state index contributed by atoms with van der Waals surface area (Å²) in [4.78, 5) is 23.8. The van der Waals surface area contributed by atoms with Gasteiger partial charge in [0.05, 0.1) is 0 Å². The molecule has 3 amide bonds. The zero-order valence-corrected chi connectivity index (χ0v) is 13.4. The molecule has 4 N–H and O–H groups in total. The fraction of sp³-hybridized carbons (Fsp3) is 0.467. The molecule has 22 heavy (non-hydrogen) atoms. The molecule has 0 bridgehead atoms. The summed E-state index contributed by atoms with van der Waals surface area (Å²) in [5, 5.41) is 11.5. The number of urea groups is 1. The Hall–Kier alpha value is -1.79. The summed E-state index contributed by atoms with van der Waals surface area (Å²) in [6.07, 6.45) is 1.85. The van der Waals surface area contributed by atoms with E-state index in [0.29, 0.717) is 5.69 Å². The highest BCUT2D eigenvalue weighted by Crippen LogP contribution is 2.05. The molecule has 1 fully saturated rings. The highest BCUT2D eigenvalue weighted by Gasteiger charge is 2.20. The maximum Gasteiger partial charge on any atom is 0.319 e. The Balaban J connectivity index is 0.00000242. The van der Waals surface area contributed by atoms with Crippen LogP contribution in [0.1, 0.15) is 19.8 Å². The fourth-order valence-electron chi connectivity index (χ4n) is 2.24. The van der Waals surface area contributed by atoms with Crippen LogP contribution in [0, 0.1) is 0 Å². The number of carbonyl (C=O) groups is 2. The second kappa shape index (κ2) is 9.27. The van der Waals surface area contributed by atoms with E-state index in [1.54, 1.807) is 19.1 Å². The topological polar surface area (TPSA) is 82.3 Å². The molecule has 7 heteroatoms. The molecular weight excluding hydrogens is 304 g/mol. The van der Waals surface area contributed by atoms with Gasteiger partial charge < -0.3 is 21.3 Å². The predicted octanol–water partition coefficient (Wildman–Crippen LogP) is 1.49. The zero-order chi connectivity index (χ0) is 15.1. The number of anilines is 1. The van der Waals surface area contributed by atoms with Gasteiger partial charge in [-0.1, -0.05) is 18.2 Å². The molecule has 1 aromatic carbocycles. The summed E-state index contributed by atoms with van der Waals surface area (Å²) >= 11 is 0. The lowest BCUT2D eigenvalue weighted by molar-refractivity contribution is -0.123. The molecule has 0 aromatic heterocycles. The number of carbonyl (C=O) groups excluding carboxylic acids is 2. The van der Waals surface area contributed by atoms with Crippen LogP contribution in [0.3, 0.4) is 0 Å². The van der Waals surface area contributed by atoms with Gasteiger partial charge in [0.25, 0.3) is 0 Å². The highest BCUT2D eigenvalue weighted by molar-refractivity contribution is 5.93. The third kappa shape index (κ3) is 5.91. The number of hydrogen-bond acceptors (Lipinski definition) is 3. The van der Waals surface area contributed by atoms with E-state index in [2.05, 4.69) is 21.3 Å². The van der Waals surface area contributed by atoms with Crippen LogP contribution in [-0.2, 0) is 4.79 Å². The van der Waals surface area contributed by atoms with Gasteiger partial charge in [0.15, 0.2) is 0 Å². The SMILES string of the molecule is CC(NC(=O)Nc1ccccc1)C(=O)NC1CCNCC1.Cl. The van der Waals surface area contributed by atoms with Gasteiger partial charge in [0.2, 0.25) is 5.91 Å². The van der Waals surface area contributed by atoms with Crippen LogP contribution >= 0.6 is 12.4 Å². The smallest absolute Gasteiger partial charge is 0.319 e. The minimum atomic E-state index is -0.566. The van der Waals surface area contributed by atoms with Crippen molar-refractivity contribution < 1.29 is 9.59 Å². The van der Waals surface area contributed by atoms with E-state index in [0.717, 1.165) is 25.9 Å². The van der Waals surface area contributed by atoms with Crippen molar-refractivity contribution in [1.82, 2.24) is 16.0 Å². The molecule has 0 spiro atoms. The molecule has 1 aliphatic rings. The molecular formula is C15H23ClN4O2. The number of para-hydroxylation sites is 1. The van der Waals surface area contributed by atoms with E-state index in [1.165, 1.54) is 0 Å². The molecule has 0 aliphatic carbocycles. The number of benzene rings is 1. The second-order valence-corrected chi connectivity index (χ2v) is 5.22. The maximum absolute atomic E-state index is 12.0. The lowest BCUT2D eigenvalue weighted by Gasteiger charge is -2.25. The Kier molecular flexibility index (Phi) is 7.70. The highest BCUT2D eigenvalue weighted by atomic mass is 35.5. The van der Waals surface area contributed by atoms with E-state index in [4.69, 9.17) is 0 Å². The largest absolute Gasteiger partial charge is 0.351 e. The van der Waals surface area contributed by atoms with Crippen LogP contribution in [0.25, 0.3) is 0 Å². The Bertz CT molecular complexity index is 478. The first kappa shape index (κ1) is 18.3. The summed E-state index contributed by atoms with van der Waals surface area (Å²) < 4.78 is 0. The maximum atomic E-state index is 12.0. The minimum absolute atomic E-state index is 0. The third-order valence-corrected chi connectivity index (χ3v) is 3.46. The van der Waals surface area contributed by atoms with Crippen molar-refractivity contribution in [1.29, 1.82) is 0 Å². The van der Waals surface area contributed by atoms with Crippen molar-refractivity contribution in [3.8, 4) is 0 Å². The zero-order valence-electron chi connectivity index (χ0n) is 12.6. The van der Waals surface area contributed by atoms with Crippen LogP contribution in [0.2, 0.25) is 0 Å². The molecule has 1 atom stereocenters. The summed E-state index contributed by atoms with van der Waals surface area (Å²) in [5.74, 6) is -0.148. The predicted molar refractivity (Wildman–Crippen MR) is 89.3 cm³/mol. The van der Waals surface area contributed by atoms with Crippen LogP contribution in [-0.4, -0.2) is 37.1 Å². The fourth-order valence-corrected chi connectivity index (χ4v) is 2.24. The molecule has 6 nitrogen and oxygen atoms in total. The van der Waals surface area contributed by atoms with Gasteiger partial charge in [0.1, 0.15) is 6.04 Å². The van der Waals surface area contributed by atoms with Crippen LogP contribution in [0.4, 0.5) is 10.5 Å². The van der Waals surface area contributed by atoms with Gasteiger partial charge in [-0.15, -0.1) is 12.4 Å². The van der Waals surface area contributed by atoms with Crippen molar-refractivity contribution in [3.63, 3.8) is 0 Å². The number of amides is 3. The molecule has 122 valence electrons. The summed E-state index contributed by atoms with van der Waals surface area (Å²) in [7, 11) is 0. The van der Waals surface area contributed by atoms with E-state index < -0.39 is 6.04 Å². The van der Waals surface area contributed by atoms with Gasteiger partial charge >= 0.3 is 6.03 Å². The van der Waals surface area contributed by atoms with Crippen LogP contribution in [0.5, 0.6) is 0 Å². The van der Waals surface area contributed by atoms with E-state index in [9.17, 15) is 9.59 Å². The van der Waals surface area contributed by atoms with Crippen molar-refractivity contribution >= 4 is 30.0 Å². The van der Waals surface area contributed by atoms with Gasteiger partial charge in [-0.2, -0.15) is 0 Å². The number of piperidine rings is 1. The summed E-state index contributed by atoms with van der Waals surface area (Å²) in [5.41, 5.74) is 0.695. The van der Waals surface area contributed by atoms with Gasteiger partial charge in [-0.25, -0.2) is 4.79 Å². The lowest BCUT2D eigenvalue weighted by atomic mass is 10.1. The van der Waals surface area contributed by atoms with E-state index in [1.807, 2.05) is 18.2 Å². The molecule has 0 radical (unpaired) electrons. The third-order valence-electron chi connectivity index (χ3n) is 3.46. The average Bonchev–Trinajstić information content (AvgIpc) is 2.49. The van der Waals surface area contributed by atoms with Crippen LogP contribution < -0.4 is 21.3 Å². The van der Waals surface area contributed by atoms with Crippen molar-refractivity contribution in [2.45, 2.75) is 31.8 Å². The number of halogens is 1. The average molecular weight is 327 g/mol. The monoisotopic (exact) mass is 326 g/mol. The van der Waals surface area contributed by atoms with Crippen molar-refractivity contribution in [2.75, 3.05) is 18.4 Å². The van der Waals surface area contributed by atoms with E-state index in [-0.39, 0.29) is 30.4 Å². The van der Waals surface area contributed by atoms with Crippen molar-refractivity contribution in [2.24, 2.45) is 0 Å². The standard InChI is InChI=1S/C15H22N4O2.ClH/c1-11(14(20)18-13-7-9-16-10-8-13)17-15(21)19-12-5-3-2-4-6-12;/h2-6,11,13,16H,7-10H2,1H3,(H,18,20)(H2,17,19,21);1H. The Morgan fingerprint density at radius 1 is 1.18 bits per heavy atom. The van der Waals surface area contributed by atoms with Crippen molar-refractivity contribution in [3.05, 3.63) is 30.3 Å². The molecule has 0 saturated carbocycles. The number of hydrogen-bond donors (Lipinski definition) is 4. The molecule has 1 unspecified atom stereocenters. The number of rotatable bonds is 4. The summed E-state index contributed by atoms with van der Waals surface area (Å²) in [6.45, 7) is 3.52. The first-order chi connectivity index (χ1) is 10.1. The normalized spacial score (nSPS) is 16.0. The minimum Gasteiger partial charge on any atom is -0.351 e. The van der Waals surface area contributed by atoms with Crippen LogP contribution in [0.15, 0.2) is 30.3 Å². The van der Waals surface area contributed by atoms with Gasteiger partial charge in [0, 0.05) is 11.7 Å². The van der Waals surface area contributed by atoms with Gasteiger partial charge in [-0.05, 0) is 45.0 Å². The first-order valence-electron chi connectivity index (χ1n) is 7.29. The Morgan fingerprint density at radius 2 is 1.82 bits per heavy atom. The lowest BCUT2D eigenvalue weighted by Crippen LogP contribution is -2.51. The first-order valence-corrected chi connectivity index (χ1v) is 7.29. The molecule has 1 aromatic rings. The molecule has 1 heterocycles. The quantitative estimate of drug-likeness (QED) is 0.676. The van der Waals surface area contributed by atoms with E-state index >= 15 is 0 Å². The molecule has 2 rings (SSSR count).